The fourth-order valence-corrected chi connectivity index (χ4v) is 4.42. The Morgan fingerprint density at radius 3 is 2.58 bits per heavy atom. The zero-order valence-corrected chi connectivity index (χ0v) is 18.8. The molecule has 0 bridgehead atoms. The lowest BCUT2D eigenvalue weighted by molar-refractivity contribution is -0.134. The number of ether oxygens (including phenoxy) is 1. The van der Waals surface area contributed by atoms with Gasteiger partial charge in [0.15, 0.2) is 0 Å². The molecule has 1 saturated heterocycles. The number of rotatable bonds is 5. The van der Waals surface area contributed by atoms with Crippen molar-refractivity contribution in [1.82, 2.24) is 10.2 Å². The van der Waals surface area contributed by atoms with Crippen LogP contribution in [0.1, 0.15) is 25.8 Å². The molecule has 2 aliphatic heterocycles. The molecule has 0 radical (unpaired) electrons. The van der Waals surface area contributed by atoms with Crippen molar-refractivity contribution >= 4 is 35.1 Å². The molecule has 2 N–H and O–H groups in total. The molecule has 33 heavy (non-hydrogen) atoms. The zero-order chi connectivity index (χ0) is 23.8. The summed E-state index contributed by atoms with van der Waals surface area (Å²) in [7, 11) is 1.54. The second kappa shape index (κ2) is 8.57. The van der Waals surface area contributed by atoms with Crippen molar-refractivity contribution in [2.24, 2.45) is 0 Å². The van der Waals surface area contributed by atoms with Gasteiger partial charge in [-0.3, -0.25) is 19.3 Å². The molecule has 0 aliphatic carbocycles. The van der Waals surface area contributed by atoms with Crippen LogP contribution in [0, 0.1) is 0 Å². The lowest BCUT2D eigenvalue weighted by atomic mass is 9.92. The van der Waals surface area contributed by atoms with Gasteiger partial charge in [-0.1, -0.05) is 30.3 Å². The second-order valence-corrected chi connectivity index (χ2v) is 8.52. The van der Waals surface area contributed by atoms with Gasteiger partial charge in [-0.15, -0.1) is 0 Å². The van der Waals surface area contributed by atoms with Crippen molar-refractivity contribution in [1.29, 1.82) is 0 Å². The average Bonchev–Trinajstić information content (AvgIpc) is 2.90. The molecule has 9 nitrogen and oxygen atoms in total. The Balaban J connectivity index is 1.57. The van der Waals surface area contributed by atoms with E-state index in [0.29, 0.717) is 17.1 Å². The molecular weight excluding hydrogens is 424 g/mol. The summed E-state index contributed by atoms with van der Waals surface area (Å²) in [6.07, 6.45) is 0.319. The topological polar surface area (TPSA) is 108 Å². The van der Waals surface area contributed by atoms with E-state index in [1.54, 1.807) is 51.3 Å². The third-order valence-electron chi connectivity index (χ3n) is 6.00. The fourth-order valence-electron chi connectivity index (χ4n) is 4.42. The SMILES string of the molecule is COc1ccccc1C[C@@]1(C)NC(=O)N(CC(=O)N2c3ccccc3NC(=O)C[C@H]2C)C1=O. The molecule has 5 amide bonds. The number of carbonyl (C=O) groups is 4. The molecule has 2 atom stereocenters. The first kappa shape index (κ1) is 22.3. The number of carbonyl (C=O) groups excluding carboxylic acids is 4. The Morgan fingerprint density at radius 1 is 1.12 bits per heavy atom. The first-order valence-corrected chi connectivity index (χ1v) is 10.7. The molecule has 2 aromatic carbocycles. The Bertz CT molecular complexity index is 1130. The number of benzene rings is 2. The molecule has 2 aliphatic rings. The summed E-state index contributed by atoms with van der Waals surface area (Å²) < 4.78 is 5.37. The summed E-state index contributed by atoms with van der Waals surface area (Å²) in [5.74, 6) is -0.527. The highest BCUT2D eigenvalue weighted by atomic mass is 16.5. The smallest absolute Gasteiger partial charge is 0.325 e. The predicted molar refractivity (Wildman–Crippen MR) is 122 cm³/mol. The minimum atomic E-state index is -1.22. The van der Waals surface area contributed by atoms with E-state index in [0.717, 1.165) is 10.5 Å². The van der Waals surface area contributed by atoms with E-state index >= 15 is 0 Å². The van der Waals surface area contributed by atoms with Crippen molar-refractivity contribution in [2.75, 3.05) is 23.9 Å². The minimum absolute atomic E-state index is 0.103. The van der Waals surface area contributed by atoms with Crippen LogP contribution in [-0.2, 0) is 20.8 Å². The summed E-state index contributed by atoms with van der Waals surface area (Å²) in [5, 5.41) is 5.53. The third kappa shape index (κ3) is 4.13. The summed E-state index contributed by atoms with van der Waals surface area (Å²) in [4.78, 5) is 54.0. The number of anilines is 2. The maximum Gasteiger partial charge on any atom is 0.325 e. The van der Waals surface area contributed by atoms with Crippen LogP contribution in [0.5, 0.6) is 5.75 Å². The number of para-hydroxylation sites is 3. The van der Waals surface area contributed by atoms with E-state index in [4.69, 9.17) is 4.74 Å². The normalized spacial score (nSPS) is 22.4. The molecule has 172 valence electrons. The highest BCUT2D eigenvalue weighted by Crippen LogP contribution is 2.32. The summed E-state index contributed by atoms with van der Waals surface area (Å²) in [6, 6.07) is 13.2. The van der Waals surface area contributed by atoms with Gasteiger partial charge in [0.1, 0.15) is 17.8 Å². The van der Waals surface area contributed by atoms with Gasteiger partial charge in [0.05, 0.1) is 18.5 Å². The average molecular weight is 450 g/mol. The van der Waals surface area contributed by atoms with Gasteiger partial charge in [-0.2, -0.15) is 0 Å². The Morgan fingerprint density at radius 2 is 1.82 bits per heavy atom. The molecule has 0 aromatic heterocycles. The molecule has 9 heteroatoms. The number of hydrogen-bond acceptors (Lipinski definition) is 5. The van der Waals surface area contributed by atoms with E-state index in [-0.39, 0.29) is 18.7 Å². The van der Waals surface area contributed by atoms with Crippen LogP contribution < -0.4 is 20.3 Å². The molecule has 0 saturated carbocycles. The summed E-state index contributed by atoms with van der Waals surface area (Å²) >= 11 is 0. The number of nitrogens with zero attached hydrogens (tertiary/aromatic N) is 2. The fraction of sp³-hybridized carbons (Fsp3) is 0.333. The van der Waals surface area contributed by atoms with Crippen molar-refractivity contribution < 1.29 is 23.9 Å². The van der Waals surface area contributed by atoms with Gasteiger partial charge in [-0.05, 0) is 37.6 Å². The van der Waals surface area contributed by atoms with E-state index in [2.05, 4.69) is 10.6 Å². The molecule has 0 unspecified atom stereocenters. The standard InChI is InChI=1S/C24H26N4O5/c1-15-12-20(29)25-17-9-5-6-10-18(17)28(15)21(30)14-27-22(31)24(2,26-23(27)32)13-16-8-4-7-11-19(16)33-3/h4-11,15H,12-14H2,1-3H3,(H,25,29)(H,26,32)/t15-,24-/m1/s1. The predicted octanol–water partition coefficient (Wildman–Crippen LogP) is 2.31. The molecule has 2 heterocycles. The number of amides is 5. The lowest BCUT2D eigenvalue weighted by Crippen LogP contribution is -2.48. The van der Waals surface area contributed by atoms with Crippen LogP contribution in [0.4, 0.5) is 16.2 Å². The minimum Gasteiger partial charge on any atom is -0.496 e. The zero-order valence-electron chi connectivity index (χ0n) is 18.8. The number of methoxy groups -OCH3 is 1. The van der Waals surface area contributed by atoms with Gasteiger partial charge < -0.3 is 20.3 Å². The number of imide groups is 1. The maximum atomic E-state index is 13.3. The van der Waals surface area contributed by atoms with E-state index in [9.17, 15) is 19.2 Å². The van der Waals surface area contributed by atoms with Gasteiger partial charge in [0.2, 0.25) is 11.8 Å². The first-order valence-electron chi connectivity index (χ1n) is 10.7. The molecule has 2 aromatic rings. The molecular formula is C24H26N4O5. The van der Waals surface area contributed by atoms with Crippen LogP contribution in [-0.4, -0.2) is 53.9 Å². The monoisotopic (exact) mass is 450 g/mol. The summed E-state index contributed by atoms with van der Waals surface area (Å²) in [5.41, 5.74) is 0.596. The van der Waals surface area contributed by atoms with Crippen molar-refractivity contribution in [3.05, 3.63) is 54.1 Å². The highest BCUT2D eigenvalue weighted by molar-refractivity contribution is 6.11. The second-order valence-electron chi connectivity index (χ2n) is 8.52. The van der Waals surface area contributed by atoms with Gasteiger partial charge >= 0.3 is 6.03 Å². The quantitative estimate of drug-likeness (QED) is 0.680. The van der Waals surface area contributed by atoms with Crippen LogP contribution in [0.2, 0.25) is 0 Å². The van der Waals surface area contributed by atoms with Crippen LogP contribution in [0.15, 0.2) is 48.5 Å². The number of nitrogens with one attached hydrogen (secondary N) is 2. The largest absolute Gasteiger partial charge is 0.496 e. The van der Waals surface area contributed by atoms with E-state index < -0.39 is 36.0 Å². The third-order valence-corrected chi connectivity index (χ3v) is 6.00. The van der Waals surface area contributed by atoms with Crippen LogP contribution in [0.3, 0.4) is 0 Å². The summed E-state index contributed by atoms with van der Waals surface area (Å²) in [6.45, 7) is 2.97. The van der Waals surface area contributed by atoms with E-state index in [1.165, 1.54) is 4.90 Å². The van der Waals surface area contributed by atoms with Crippen LogP contribution >= 0.6 is 0 Å². The van der Waals surface area contributed by atoms with Gasteiger partial charge in [0.25, 0.3) is 5.91 Å². The van der Waals surface area contributed by atoms with Crippen LogP contribution in [0.25, 0.3) is 0 Å². The lowest BCUT2D eigenvalue weighted by Gasteiger charge is -2.29. The van der Waals surface area contributed by atoms with E-state index in [1.807, 2.05) is 18.2 Å². The number of hydrogen-bond donors (Lipinski definition) is 2. The van der Waals surface area contributed by atoms with Crippen molar-refractivity contribution in [3.63, 3.8) is 0 Å². The van der Waals surface area contributed by atoms with Gasteiger partial charge in [0, 0.05) is 18.9 Å². The Hall–Kier alpha value is -3.88. The Kier molecular flexibility index (Phi) is 5.80. The molecule has 4 rings (SSSR count). The number of urea groups is 1. The molecule has 0 spiro atoms. The first-order chi connectivity index (χ1) is 15.7. The Labute approximate surface area is 191 Å². The highest BCUT2D eigenvalue weighted by Gasteiger charge is 2.49. The molecule has 1 fully saturated rings. The van der Waals surface area contributed by atoms with Crippen molar-refractivity contribution in [3.8, 4) is 5.75 Å². The van der Waals surface area contributed by atoms with Gasteiger partial charge in [-0.25, -0.2) is 4.79 Å². The van der Waals surface area contributed by atoms with Crippen molar-refractivity contribution in [2.45, 2.75) is 38.3 Å². The maximum absolute atomic E-state index is 13.3. The number of fused-ring (bicyclic) bond motifs is 1.